The van der Waals surface area contributed by atoms with Crippen LogP contribution in [0, 0.1) is 0 Å². The van der Waals surface area contributed by atoms with Gasteiger partial charge in [0, 0.05) is 18.4 Å². The highest BCUT2D eigenvalue weighted by molar-refractivity contribution is 7.07. The molecule has 1 aromatic rings. The Morgan fingerprint density at radius 2 is 2.64 bits per heavy atom. The van der Waals surface area contributed by atoms with Gasteiger partial charge in [0.25, 0.3) is 0 Å². The van der Waals surface area contributed by atoms with Gasteiger partial charge in [-0.05, 0) is 19.3 Å². The molecule has 1 saturated heterocycles. The van der Waals surface area contributed by atoms with Crippen molar-refractivity contribution in [1.29, 1.82) is 0 Å². The van der Waals surface area contributed by atoms with E-state index in [1.807, 2.05) is 0 Å². The molecule has 0 radical (unpaired) electrons. The summed E-state index contributed by atoms with van der Waals surface area (Å²) in [5.74, 6) is 0.141. The molecule has 1 aliphatic rings. The average Bonchev–Trinajstić information content (AvgIpc) is 2.87. The molecule has 76 valence electrons. The molecule has 3 nitrogen and oxygen atoms in total. The number of ether oxygens (including phenoxy) is 1. The van der Waals surface area contributed by atoms with Gasteiger partial charge in [-0.3, -0.25) is 4.79 Å². The number of carbonyl (C=O) groups excluding carboxylic acids is 1. The maximum atomic E-state index is 11.6. The second kappa shape index (κ2) is 4.66. The largest absolute Gasteiger partial charge is 0.378 e. The molecule has 14 heavy (non-hydrogen) atoms. The fourth-order valence-electron chi connectivity index (χ4n) is 1.64. The monoisotopic (exact) mass is 211 g/mol. The Labute approximate surface area is 87.1 Å². The molecular weight excluding hydrogens is 198 g/mol. The summed E-state index contributed by atoms with van der Waals surface area (Å²) in [5, 5.41) is 1.80. The van der Waals surface area contributed by atoms with Gasteiger partial charge in [0.15, 0.2) is 5.78 Å². The number of ketones is 1. The predicted molar refractivity (Wildman–Crippen MR) is 54.7 cm³/mol. The number of hydrogen-bond acceptors (Lipinski definition) is 4. The van der Waals surface area contributed by atoms with Crippen molar-refractivity contribution < 1.29 is 9.53 Å². The van der Waals surface area contributed by atoms with Crippen LogP contribution in [0.4, 0.5) is 0 Å². The fourth-order valence-corrected chi connectivity index (χ4v) is 2.20. The van der Waals surface area contributed by atoms with E-state index in [9.17, 15) is 4.79 Å². The molecule has 1 aromatic heterocycles. The van der Waals surface area contributed by atoms with Gasteiger partial charge < -0.3 is 4.74 Å². The van der Waals surface area contributed by atoms with Crippen LogP contribution < -0.4 is 0 Å². The van der Waals surface area contributed by atoms with Gasteiger partial charge in [0.2, 0.25) is 0 Å². The van der Waals surface area contributed by atoms with E-state index in [1.54, 1.807) is 10.9 Å². The van der Waals surface area contributed by atoms with E-state index < -0.39 is 0 Å². The van der Waals surface area contributed by atoms with Crippen LogP contribution >= 0.6 is 11.3 Å². The number of thiazole rings is 1. The van der Waals surface area contributed by atoms with Gasteiger partial charge in [0.05, 0.1) is 11.6 Å². The molecule has 0 aromatic carbocycles. The lowest BCUT2D eigenvalue weighted by molar-refractivity contribution is 0.0856. The second-order valence-electron chi connectivity index (χ2n) is 3.47. The minimum atomic E-state index is 0.141. The molecule has 1 aliphatic heterocycles. The Bertz CT molecular complexity index is 291. The second-order valence-corrected chi connectivity index (χ2v) is 4.19. The summed E-state index contributed by atoms with van der Waals surface area (Å²) in [6.07, 6.45) is 3.95. The van der Waals surface area contributed by atoms with Gasteiger partial charge in [-0.15, -0.1) is 11.3 Å². The number of nitrogens with zero attached hydrogens (tertiary/aromatic N) is 1. The molecule has 0 saturated carbocycles. The standard InChI is InChI=1S/C10H13NO2S/c12-10(9-6-14-7-11-9)4-3-8-2-1-5-13-8/h6-8H,1-5H2. The molecule has 4 heteroatoms. The fraction of sp³-hybridized carbons (Fsp3) is 0.600. The van der Waals surface area contributed by atoms with E-state index in [0.29, 0.717) is 18.2 Å². The highest BCUT2D eigenvalue weighted by Crippen LogP contribution is 2.18. The molecule has 0 amide bonds. The predicted octanol–water partition coefficient (Wildman–Crippen LogP) is 2.29. The molecule has 2 rings (SSSR count). The Balaban J connectivity index is 1.78. The van der Waals surface area contributed by atoms with Gasteiger partial charge >= 0.3 is 0 Å². The Kier molecular flexibility index (Phi) is 3.26. The lowest BCUT2D eigenvalue weighted by Gasteiger charge is -2.06. The van der Waals surface area contributed by atoms with E-state index in [-0.39, 0.29) is 5.78 Å². The van der Waals surface area contributed by atoms with Crippen molar-refractivity contribution in [2.24, 2.45) is 0 Å². The van der Waals surface area contributed by atoms with Gasteiger partial charge in [-0.2, -0.15) is 0 Å². The average molecular weight is 211 g/mol. The van der Waals surface area contributed by atoms with Crippen LogP contribution in [-0.2, 0) is 4.74 Å². The van der Waals surface area contributed by atoms with Crippen LogP contribution in [0.3, 0.4) is 0 Å². The van der Waals surface area contributed by atoms with Crippen LogP contribution in [0.5, 0.6) is 0 Å². The molecule has 1 unspecified atom stereocenters. The van der Waals surface area contributed by atoms with E-state index in [2.05, 4.69) is 4.98 Å². The highest BCUT2D eigenvalue weighted by Gasteiger charge is 2.17. The van der Waals surface area contributed by atoms with E-state index >= 15 is 0 Å². The summed E-state index contributed by atoms with van der Waals surface area (Å²) in [7, 11) is 0. The van der Waals surface area contributed by atoms with E-state index in [1.165, 1.54) is 11.3 Å². The summed E-state index contributed by atoms with van der Waals surface area (Å²) in [4.78, 5) is 15.5. The van der Waals surface area contributed by atoms with Crippen molar-refractivity contribution in [2.75, 3.05) is 6.61 Å². The van der Waals surface area contributed by atoms with Gasteiger partial charge in [-0.1, -0.05) is 0 Å². The normalized spacial score (nSPS) is 21.3. The Hall–Kier alpha value is -0.740. The van der Waals surface area contributed by atoms with Gasteiger partial charge in [-0.25, -0.2) is 4.98 Å². The lowest BCUT2D eigenvalue weighted by Crippen LogP contribution is -2.08. The van der Waals surface area contributed by atoms with Crippen molar-refractivity contribution in [1.82, 2.24) is 4.98 Å². The van der Waals surface area contributed by atoms with Crippen molar-refractivity contribution in [3.8, 4) is 0 Å². The van der Waals surface area contributed by atoms with Crippen LogP contribution in [0.2, 0.25) is 0 Å². The van der Waals surface area contributed by atoms with Crippen molar-refractivity contribution in [2.45, 2.75) is 31.8 Å². The zero-order valence-corrected chi connectivity index (χ0v) is 8.76. The molecule has 1 atom stereocenters. The van der Waals surface area contributed by atoms with Crippen LogP contribution in [0.25, 0.3) is 0 Å². The Morgan fingerprint density at radius 1 is 1.71 bits per heavy atom. The zero-order valence-electron chi connectivity index (χ0n) is 7.94. The molecule has 0 aliphatic carbocycles. The molecule has 0 bridgehead atoms. The minimum absolute atomic E-state index is 0.141. The number of carbonyl (C=O) groups is 1. The van der Waals surface area contributed by atoms with Crippen molar-refractivity contribution in [3.05, 3.63) is 16.6 Å². The molecule has 1 fully saturated rings. The first-order valence-corrected chi connectivity index (χ1v) is 5.83. The number of Topliss-reactive ketones (excluding diaryl/α,β-unsaturated/α-hetero) is 1. The maximum Gasteiger partial charge on any atom is 0.182 e. The number of hydrogen-bond donors (Lipinski definition) is 0. The third-order valence-corrected chi connectivity index (χ3v) is 3.02. The van der Waals surface area contributed by atoms with Gasteiger partial charge in [0.1, 0.15) is 5.69 Å². The summed E-state index contributed by atoms with van der Waals surface area (Å²) in [5.41, 5.74) is 2.30. The van der Waals surface area contributed by atoms with Crippen molar-refractivity contribution in [3.63, 3.8) is 0 Å². The minimum Gasteiger partial charge on any atom is -0.378 e. The number of aromatic nitrogens is 1. The SMILES string of the molecule is O=C(CCC1CCCO1)c1cscn1. The summed E-state index contributed by atoms with van der Waals surface area (Å²) < 4.78 is 5.45. The molecule has 0 N–H and O–H groups in total. The summed E-state index contributed by atoms with van der Waals surface area (Å²) >= 11 is 1.46. The molecule has 0 spiro atoms. The van der Waals surface area contributed by atoms with Crippen LogP contribution in [0.1, 0.15) is 36.2 Å². The first kappa shape index (κ1) is 9.80. The molecule has 2 heterocycles. The third kappa shape index (κ3) is 2.39. The topological polar surface area (TPSA) is 39.2 Å². The lowest BCUT2D eigenvalue weighted by atomic mass is 10.1. The smallest absolute Gasteiger partial charge is 0.182 e. The number of rotatable bonds is 4. The quantitative estimate of drug-likeness (QED) is 0.717. The maximum absolute atomic E-state index is 11.6. The first-order chi connectivity index (χ1) is 6.86. The molecular formula is C10H13NO2S. The first-order valence-electron chi connectivity index (χ1n) is 4.89. The summed E-state index contributed by atoms with van der Waals surface area (Å²) in [6.45, 7) is 0.857. The Morgan fingerprint density at radius 3 is 3.29 bits per heavy atom. The highest BCUT2D eigenvalue weighted by atomic mass is 32.1. The van der Waals surface area contributed by atoms with E-state index in [4.69, 9.17) is 4.74 Å². The van der Waals surface area contributed by atoms with Crippen LogP contribution in [0.15, 0.2) is 10.9 Å². The summed E-state index contributed by atoms with van der Waals surface area (Å²) in [6, 6.07) is 0. The third-order valence-electron chi connectivity index (χ3n) is 2.44. The van der Waals surface area contributed by atoms with Crippen molar-refractivity contribution >= 4 is 17.1 Å². The zero-order chi connectivity index (χ0) is 9.80. The van der Waals surface area contributed by atoms with E-state index in [0.717, 1.165) is 25.9 Å². The van der Waals surface area contributed by atoms with Crippen LogP contribution in [-0.4, -0.2) is 23.5 Å².